The van der Waals surface area contributed by atoms with E-state index in [1.54, 1.807) is 36.1 Å². The Hall–Kier alpha value is -5.22. The SMILES string of the molecule is O=C(Cc1ccccc1)Nc1cncc(-c2cc3c(-c4nc5c(-c6ccsc6)nccc5[nH]4)n[nH]c3cn2)c1. The molecule has 7 aromatic rings. The van der Waals surface area contributed by atoms with Gasteiger partial charge < -0.3 is 10.3 Å². The van der Waals surface area contributed by atoms with E-state index >= 15 is 0 Å². The number of nitrogens with zero attached hydrogens (tertiary/aromatic N) is 5. The molecule has 3 N–H and O–H groups in total. The Kier molecular flexibility index (Phi) is 5.64. The molecule has 6 aromatic heterocycles. The molecule has 0 aliphatic rings. The number of anilines is 1. The fraction of sp³-hybridized carbons (Fsp3) is 0.0345. The molecule has 0 unspecified atom stereocenters. The zero-order valence-electron chi connectivity index (χ0n) is 20.4. The fourth-order valence-corrected chi connectivity index (χ4v) is 5.19. The van der Waals surface area contributed by atoms with E-state index in [1.165, 1.54) is 0 Å². The lowest BCUT2D eigenvalue weighted by atomic mass is 10.1. The minimum atomic E-state index is -0.109. The molecule has 0 aliphatic carbocycles. The van der Waals surface area contributed by atoms with Crippen LogP contribution in [0.1, 0.15) is 5.56 Å². The van der Waals surface area contributed by atoms with Gasteiger partial charge in [0.25, 0.3) is 0 Å². The van der Waals surface area contributed by atoms with Crippen LogP contribution in [0.3, 0.4) is 0 Å². The standard InChI is InChI=1S/C29H20N8OS/c38-25(10-17-4-2-1-3-5-17)33-20-11-19(13-30-14-20)23-12-21-24(15-32-23)36-37-27(21)29-34-22-6-8-31-26(28(22)35-29)18-7-9-39-16-18/h1-9,11-16H,10H2,(H,33,38)(H,34,35)(H,36,37). The second-order valence-electron chi connectivity index (χ2n) is 9.01. The minimum Gasteiger partial charge on any atom is -0.336 e. The number of rotatable bonds is 6. The Morgan fingerprint density at radius 1 is 0.923 bits per heavy atom. The largest absolute Gasteiger partial charge is 0.336 e. The van der Waals surface area contributed by atoms with Gasteiger partial charge >= 0.3 is 0 Å². The van der Waals surface area contributed by atoms with Gasteiger partial charge in [-0.2, -0.15) is 16.4 Å². The Morgan fingerprint density at radius 2 is 1.85 bits per heavy atom. The first-order valence-corrected chi connectivity index (χ1v) is 13.2. The molecule has 1 aromatic carbocycles. The van der Waals surface area contributed by atoms with Crippen LogP contribution in [0, 0.1) is 0 Å². The third-order valence-electron chi connectivity index (χ3n) is 6.39. The minimum absolute atomic E-state index is 0.109. The number of benzene rings is 1. The van der Waals surface area contributed by atoms with E-state index in [0.717, 1.165) is 44.3 Å². The lowest BCUT2D eigenvalue weighted by Gasteiger charge is -2.07. The number of aromatic amines is 2. The number of pyridine rings is 3. The van der Waals surface area contributed by atoms with Crippen molar-refractivity contribution >= 4 is 44.9 Å². The van der Waals surface area contributed by atoms with Crippen LogP contribution in [0.5, 0.6) is 0 Å². The maximum Gasteiger partial charge on any atom is 0.228 e. The summed E-state index contributed by atoms with van der Waals surface area (Å²) in [6.07, 6.45) is 7.15. The van der Waals surface area contributed by atoms with E-state index in [4.69, 9.17) is 4.98 Å². The van der Waals surface area contributed by atoms with Crippen molar-refractivity contribution in [3.8, 4) is 34.0 Å². The molecule has 0 radical (unpaired) electrons. The summed E-state index contributed by atoms with van der Waals surface area (Å²) in [5, 5.41) is 15.5. The highest BCUT2D eigenvalue weighted by Gasteiger charge is 2.17. The Bertz CT molecular complexity index is 1940. The highest BCUT2D eigenvalue weighted by atomic mass is 32.1. The molecule has 0 saturated carbocycles. The lowest BCUT2D eigenvalue weighted by molar-refractivity contribution is -0.115. The van der Waals surface area contributed by atoms with Gasteiger partial charge in [-0.05, 0) is 35.2 Å². The number of nitrogens with one attached hydrogen (secondary N) is 3. The van der Waals surface area contributed by atoms with Crippen LogP contribution in [0.25, 0.3) is 56.0 Å². The summed E-state index contributed by atoms with van der Waals surface area (Å²) < 4.78 is 0. The summed E-state index contributed by atoms with van der Waals surface area (Å²) in [7, 11) is 0. The highest BCUT2D eigenvalue weighted by molar-refractivity contribution is 7.08. The fourth-order valence-electron chi connectivity index (χ4n) is 4.55. The van der Waals surface area contributed by atoms with Crippen LogP contribution in [-0.4, -0.2) is 41.0 Å². The molecule has 6 heterocycles. The van der Waals surface area contributed by atoms with Gasteiger partial charge in [-0.1, -0.05) is 30.3 Å². The Labute approximate surface area is 226 Å². The average molecular weight is 529 g/mol. The van der Waals surface area contributed by atoms with Crippen LogP contribution < -0.4 is 5.32 Å². The predicted octanol–water partition coefficient (Wildman–Crippen LogP) is 5.87. The summed E-state index contributed by atoms with van der Waals surface area (Å²) in [4.78, 5) is 34.3. The molecule has 0 fully saturated rings. The number of H-pyrrole nitrogens is 2. The molecule has 0 bridgehead atoms. The van der Waals surface area contributed by atoms with Crippen molar-refractivity contribution in [3.05, 3.63) is 95.7 Å². The van der Waals surface area contributed by atoms with Gasteiger partial charge in [-0.25, -0.2) is 4.98 Å². The smallest absolute Gasteiger partial charge is 0.228 e. The van der Waals surface area contributed by atoms with E-state index in [9.17, 15) is 4.79 Å². The molecule has 188 valence electrons. The van der Waals surface area contributed by atoms with E-state index in [2.05, 4.69) is 40.8 Å². The first-order valence-electron chi connectivity index (χ1n) is 12.2. The van der Waals surface area contributed by atoms with Crippen LogP contribution in [0.2, 0.25) is 0 Å². The summed E-state index contributed by atoms with van der Waals surface area (Å²) in [6.45, 7) is 0. The summed E-state index contributed by atoms with van der Waals surface area (Å²) >= 11 is 1.62. The molecule has 7 rings (SSSR count). The van der Waals surface area contributed by atoms with Gasteiger partial charge in [-0.3, -0.25) is 24.8 Å². The molecule has 1 amide bonds. The molecule has 0 spiro atoms. The summed E-state index contributed by atoms with van der Waals surface area (Å²) in [5.74, 6) is 0.528. The molecular formula is C29H20N8OS. The molecule has 39 heavy (non-hydrogen) atoms. The van der Waals surface area contributed by atoms with Crippen molar-refractivity contribution in [2.75, 3.05) is 5.32 Å². The molecular weight excluding hydrogens is 508 g/mol. The van der Waals surface area contributed by atoms with Gasteiger partial charge in [0.05, 0.1) is 46.9 Å². The number of thiophene rings is 1. The number of amides is 1. The monoisotopic (exact) mass is 528 g/mol. The maximum atomic E-state index is 12.6. The number of hydrogen-bond acceptors (Lipinski definition) is 7. The van der Waals surface area contributed by atoms with E-state index in [1.807, 2.05) is 60.0 Å². The lowest BCUT2D eigenvalue weighted by Crippen LogP contribution is -2.14. The van der Waals surface area contributed by atoms with E-state index in [-0.39, 0.29) is 12.3 Å². The normalized spacial score (nSPS) is 11.3. The molecule has 0 aliphatic heterocycles. The van der Waals surface area contributed by atoms with Crippen LogP contribution in [-0.2, 0) is 11.2 Å². The molecule has 0 saturated heterocycles. The third-order valence-corrected chi connectivity index (χ3v) is 7.08. The number of carbonyl (C=O) groups excluding carboxylic acids is 1. The van der Waals surface area contributed by atoms with Crippen LogP contribution in [0.4, 0.5) is 5.69 Å². The zero-order valence-corrected chi connectivity index (χ0v) is 21.2. The highest BCUT2D eigenvalue weighted by Crippen LogP contribution is 2.32. The molecule has 0 atom stereocenters. The van der Waals surface area contributed by atoms with Crippen LogP contribution >= 0.6 is 11.3 Å². The number of imidazole rings is 1. The third kappa shape index (κ3) is 4.42. The molecule has 9 nitrogen and oxygen atoms in total. The number of aromatic nitrogens is 7. The first kappa shape index (κ1) is 22.9. The van der Waals surface area contributed by atoms with Crippen molar-refractivity contribution in [2.45, 2.75) is 6.42 Å². The van der Waals surface area contributed by atoms with E-state index in [0.29, 0.717) is 22.9 Å². The second-order valence-corrected chi connectivity index (χ2v) is 9.79. The predicted molar refractivity (Wildman–Crippen MR) is 152 cm³/mol. The van der Waals surface area contributed by atoms with Gasteiger partial charge in [-0.15, -0.1) is 0 Å². The van der Waals surface area contributed by atoms with Gasteiger partial charge in [0.2, 0.25) is 5.91 Å². The van der Waals surface area contributed by atoms with Gasteiger partial charge in [0.15, 0.2) is 5.82 Å². The summed E-state index contributed by atoms with van der Waals surface area (Å²) in [6, 6.07) is 17.4. The van der Waals surface area contributed by atoms with Gasteiger partial charge in [0, 0.05) is 34.3 Å². The number of carbonyl (C=O) groups is 1. The van der Waals surface area contributed by atoms with Crippen molar-refractivity contribution in [2.24, 2.45) is 0 Å². The second kappa shape index (κ2) is 9.58. The van der Waals surface area contributed by atoms with Gasteiger partial charge in [0.1, 0.15) is 11.2 Å². The average Bonchev–Trinajstić information content (AvgIpc) is 3.73. The maximum absolute atomic E-state index is 12.6. The van der Waals surface area contributed by atoms with Crippen molar-refractivity contribution in [3.63, 3.8) is 0 Å². The van der Waals surface area contributed by atoms with Crippen molar-refractivity contribution < 1.29 is 4.79 Å². The summed E-state index contributed by atoms with van der Waals surface area (Å²) in [5.41, 5.74) is 8.03. The van der Waals surface area contributed by atoms with Crippen LogP contribution in [0.15, 0.2) is 90.1 Å². The number of hydrogen-bond donors (Lipinski definition) is 3. The van der Waals surface area contributed by atoms with E-state index < -0.39 is 0 Å². The molecule has 10 heteroatoms. The Morgan fingerprint density at radius 3 is 2.72 bits per heavy atom. The number of fused-ring (bicyclic) bond motifs is 2. The van der Waals surface area contributed by atoms with Crippen molar-refractivity contribution in [1.29, 1.82) is 0 Å². The quantitative estimate of drug-likeness (QED) is 0.248. The van der Waals surface area contributed by atoms with Crippen molar-refractivity contribution in [1.82, 2.24) is 35.1 Å². The Balaban J connectivity index is 1.21. The zero-order chi connectivity index (χ0) is 26.2. The topological polar surface area (TPSA) is 125 Å². The first-order chi connectivity index (χ1) is 19.2.